The lowest BCUT2D eigenvalue weighted by Gasteiger charge is -2.26. The van der Waals surface area contributed by atoms with Crippen LogP contribution in [-0.4, -0.2) is 69.8 Å². The first-order chi connectivity index (χ1) is 15.4. The van der Waals surface area contributed by atoms with Gasteiger partial charge in [0, 0.05) is 41.8 Å². The number of carbonyl (C=O) groups is 1. The van der Waals surface area contributed by atoms with Crippen LogP contribution in [0.3, 0.4) is 0 Å². The topological polar surface area (TPSA) is 75.3 Å². The maximum Gasteiger partial charge on any atom is 0.188 e. The molecule has 2 heterocycles. The molecule has 0 amide bonds. The van der Waals surface area contributed by atoms with Crippen molar-refractivity contribution in [1.29, 1.82) is 0 Å². The van der Waals surface area contributed by atoms with Gasteiger partial charge >= 0.3 is 0 Å². The molecule has 1 atom stereocenters. The Hall–Kier alpha value is -2.22. The Bertz CT molecular complexity index is 1100. The predicted molar refractivity (Wildman–Crippen MR) is 130 cm³/mol. The highest BCUT2D eigenvalue weighted by Crippen LogP contribution is 2.31. The molecule has 2 aliphatic rings. The Morgan fingerprint density at radius 2 is 2.09 bits per heavy atom. The van der Waals surface area contributed by atoms with Gasteiger partial charge in [-0.2, -0.15) is 0 Å². The number of hydrogen-bond donors (Lipinski definition) is 1. The normalized spacial score (nSPS) is 19.3. The quantitative estimate of drug-likeness (QED) is 0.488. The molecule has 1 N–H and O–H groups in total. The number of H-pyrrole nitrogens is 1. The molecule has 1 aliphatic heterocycles. The number of hydrogen-bond acceptors (Lipinski definition) is 5. The van der Waals surface area contributed by atoms with E-state index < -0.39 is 9.52 Å². The molecular formula is C25H33N3O3S. The zero-order chi connectivity index (χ0) is 22.6. The molecule has 0 saturated carbocycles. The van der Waals surface area contributed by atoms with Crippen molar-refractivity contribution >= 4 is 26.7 Å². The van der Waals surface area contributed by atoms with Crippen LogP contribution in [0.1, 0.15) is 52.9 Å². The van der Waals surface area contributed by atoms with Crippen LogP contribution in [0.4, 0.5) is 0 Å². The standard InChI is InChI=1S/C25H33N3O3S/c1-32(2,30)25-26-18-23(27-25)24(29)17-21-9-8-19(10-11-28-12-14-31-15-13-28)16-22(21)20-6-4-3-5-7-20/h6,8-9,16,18H,1,3-5,7,10-15,17H2,2H3,(H,26,27). The summed E-state index contributed by atoms with van der Waals surface area (Å²) in [7, 11) is -2.47. The molecule has 1 fully saturated rings. The summed E-state index contributed by atoms with van der Waals surface area (Å²) in [6, 6.07) is 6.55. The van der Waals surface area contributed by atoms with Crippen molar-refractivity contribution in [3.8, 4) is 0 Å². The number of benzene rings is 1. The fraction of sp³-hybridized carbons (Fsp3) is 0.480. The van der Waals surface area contributed by atoms with E-state index in [1.807, 2.05) is 0 Å². The van der Waals surface area contributed by atoms with Gasteiger partial charge in [-0.05, 0) is 60.2 Å². The summed E-state index contributed by atoms with van der Waals surface area (Å²) in [5.74, 6) is 3.59. The number of aromatic amines is 1. The van der Waals surface area contributed by atoms with E-state index in [-0.39, 0.29) is 10.9 Å². The maximum absolute atomic E-state index is 13.0. The summed E-state index contributed by atoms with van der Waals surface area (Å²) in [6.45, 7) is 4.64. The Morgan fingerprint density at radius 3 is 2.78 bits per heavy atom. The second-order valence-corrected chi connectivity index (χ2v) is 11.3. The fourth-order valence-corrected chi connectivity index (χ4v) is 4.96. The number of imidazole rings is 1. The number of nitrogens with one attached hydrogen (secondary N) is 1. The number of morpholine rings is 1. The number of Topliss-reactive ketones (excluding diaryl/α,β-unsaturated/α-hetero) is 1. The number of ether oxygens (including phenoxy) is 1. The minimum absolute atomic E-state index is 0.0499. The van der Waals surface area contributed by atoms with Crippen molar-refractivity contribution in [2.75, 3.05) is 39.1 Å². The van der Waals surface area contributed by atoms with Crippen molar-refractivity contribution in [1.82, 2.24) is 14.9 Å². The van der Waals surface area contributed by atoms with Crippen LogP contribution in [0, 0.1) is 0 Å². The van der Waals surface area contributed by atoms with Crippen molar-refractivity contribution in [2.24, 2.45) is 0 Å². The summed E-state index contributed by atoms with van der Waals surface area (Å²) in [4.78, 5) is 22.5. The second kappa shape index (κ2) is 10.1. The summed E-state index contributed by atoms with van der Waals surface area (Å²) < 4.78 is 17.6. The largest absolute Gasteiger partial charge is 0.379 e. The summed E-state index contributed by atoms with van der Waals surface area (Å²) in [5.41, 5.74) is 5.29. The summed E-state index contributed by atoms with van der Waals surface area (Å²) in [5, 5.41) is 0.273. The van der Waals surface area contributed by atoms with E-state index in [0.29, 0.717) is 12.1 Å². The van der Waals surface area contributed by atoms with Crippen LogP contribution in [0.25, 0.3) is 5.57 Å². The van der Waals surface area contributed by atoms with Crippen LogP contribution in [0.2, 0.25) is 0 Å². The second-order valence-electron chi connectivity index (χ2n) is 8.88. The van der Waals surface area contributed by atoms with Gasteiger partial charge in [-0.25, -0.2) is 4.98 Å². The Balaban J connectivity index is 1.54. The molecule has 1 aliphatic carbocycles. The van der Waals surface area contributed by atoms with Gasteiger partial charge in [0.25, 0.3) is 0 Å². The Labute approximate surface area is 191 Å². The van der Waals surface area contributed by atoms with Crippen LogP contribution in [0.5, 0.6) is 0 Å². The zero-order valence-electron chi connectivity index (χ0n) is 18.9. The average Bonchev–Trinajstić information content (AvgIpc) is 3.31. The zero-order valence-corrected chi connectivity index (χ0v) is 19.7. The van der Waals surface area contributed by atoms with E-state index in [2.05, 4.69) is 45.0 Å². The molecule has 0 bridgehead atoms. The summed E-state index contributed by atoms with van der Waals surface area (Å²) in [6.07, 6.45) is 11.2. The molecule has 1 unspecified atom stereocenters. The average molecular weight is 456 g/mol. The minimum Gasteiger partial charge on any atom is -0.379 e. The van der Waals surface area contributed by atoms with Crippen molar-refractivity contribution in [3.63, 3.8) is 0 Å². The van der Waals surface area contributed by atoms with Gasteiger partial charge in [-0.1, -0.05) is 24.3 Å². The lowest BCUT2D eigenvalue weighted by Crippen LogP contribution is -2.37. The first-order valence-corrected chi connectivity index (χ1v) is 13.6. The van der Waals surface area contributed by atoms with Gasteiger partial charge < -0.3 is 9.72 Å². The number of aromatic nitrogens is 2. The third kappa shape index (κ3) is 5.77. The molecule has 7 heteroatoms. The lowest BCUT2D eigenvalue weighted by atomic mass is 9.87. The Kier molecular flexibility index (Phi) is 7.28. The van der Waals surface area contributed by atoms with Crippen LogP contribution >= 0.6 is 0 Å². The number of allylic oxidation sites excluding steroid dienone is 2. The Morgan fingerprint density at radius 1 is 1.28 bits per heavy atom. The first-order valence-electron chi connectivity index (χ1n) is 11.4. The van der Waals surface area contributed by atoms with E-state index >= 15 is 0 Å². The van der Waals surface area contributed by atoms with Crippen molar-refractivity contribution in [2.45, 2.75) is 43.7 Å². The van der Waals surface area contributed by atoms with Crippen LogP contribution in [0.15, 0.2) is 35.6 Å². The summed E-state index contributed by atoms with van der Waals surface area (Å²) >= 11 is 0. The highest BCUT2D eigenvalue weighted by molar-refractivity contribution is 7.99. The monoisotopic (exact) mass is 455 g/mol. The number of ketones is 1. The minimum atomic E-state index is -2.47. The molecule has 0 radical (unpaired) electrons. The molecule has 172 valence electrons. The van der Waals surface area contributed by atoms with Crippen LogP contribution < -0.4 is 0 Å². The maximum atomic E-state index is 13.0. The SMILES string of the molecule is C=S(C)(=O)c1ncc(C(=O)Cc2ccc(CCN3CCOCC3)cc2C2=CCCCC2)[nH]1. The van der Waals surface area contributed by atoms with E-state index in [9.17, 15) is 9.00 Å². The molecule has 32 heavy (non-hydrogen) atoms. The van der Waals surface area contributed by atoms with E-state index in [1.165, 1.54) is 42.0 Å². The third-order valence-electron chi connectivity index (χ3n) is 6.24. The van der Waals surface area contributed by atoms with Gasteiger partial charge in [0.2, 0.25) is 0 Å². The number of nitrogens with zero attached hydrogens (tertiary/aromatic N) is 2. The van der Waals surface area contributed by atoms with Gasteiger partial charge in [-0.15, -0.1) is 0 Å². The molecule has 0 spiro atoms. The van der Waals surface area contributed by atoms with E-state index in [4.69, 9.17) is 4.74 Å². The van der Waals surface area contributed by atoms with Gasteiger partial charge in [0.1, 0.15) is 5.69 Å². The van der Waals surface area contributed by atoms with E-state index in [1.54, 1.807) is 0 Å². The van der Waals surface area contributed by atoms with E-state index in [0.717, 1.165) is 57.7 Å². The molecule has 6 nitrogen and oxygen atoms in total. The molecule has 4 rings (SSSR count). The molecule has 1 saturated heterocycles. The molecule has 1 aromatic carbocycles. The number of carbonyl (C=O) groups excluding carboxylic acids is 1. The smallest absolute Gasteiger partial charge is 0.188 e. The predicted octanol–water partition coefficient (Wildman–Crippen LogP) is 3.37. The lowest BCUT2D eigenvalue weighted by molar-refractivity contribution is 0.0384. The number of rotatable bonds is 8. The fourth-order valence-electron chi connectivity index (χ4n) is 4.36. The first kappa shape index (κ1) is 23.0. The highest BCUT2D eigenvalue weighted by Gasteiger charge is 2.18. The molecular weight excluding hydrogens is 422 g/mol. The molecule has 1 aromatic heterocycles. The van der Waals surface area contributed by atoms with Crippen molar-refractivity contribution < 1.29 is 13.7 Å². The molecule has 2 aromatic rings. The third-order valence-corrected chi connectivity index (χ3v) is 7.27. The van der Waals surface area contributed by atoms with Crippen molar-refractivity contribution in [3.05, 3.63) is 52.9 Å². The van der Waals surface area contributed by atoms with Crippen LogP contribution in [-0.2, 0) is 27.1 Å². The highest BCUT2D eigenvalue weighted by atomic mass is 32.2. The van der Waals surface area contributed by atoms with Gasteiger partial charge in [0.05, 0.1) is 19.4 Å². The van der Waals surface area contributed by atoms with Gasteiger partial charge in [-0.3, -0.25) is 13.9 Å². The van der Waals surface area contributed by atoms with Gasteiger partial charge in [0.15, 0.2) is 10.9 Å².